The Balaban J connectivity index is 1.87. The van der Waals surface area contributed by atoms with Crippen LogP contribution in [-0.4, -0.2) is 34.9 Å². The molecule has 1 aromatic heterocycles. The molecular weight excluding hydrogens is 422 g/mol. The number of esters is 1. The topological polar surface area (TPSA) is 99.5 Å². The van der Waals surface area contributed by atoms with E-state index in [1.54, 1.807) is 43.3 Å². The van der Waals surface area contributed by atoms with Crippen LogP contribution in [0.25, 0.3) is 5.69 Å². The van der Waals surface area contributed by atoms with Gasteiger partial charge in [-0.05, 0) is 49.7 Å². The van der Waals surface area contributed by atoms with Gasteiger partial charge in [0.05, 0.1) is 18.0 Å². The normalized spacial score (nSPS) is 10.4. The lowest BCUT2D eigenvalue weighted by molar-refractivity contribution is -0.118. The number of anilines is 1. The van der Waals surface area contributed by atoms with Gasteiger partial charge in [-0.1, -0.05) is 29.8 Å². The number of hydrogen-bond donors (Lipinski definition) is 1. The molecule has 1 heterocycles. The summed E-state index contributed by atoms with van der Waals surface area (Å²) in [5.74, 6) is -0.896. The van der Waals surface area contributed by atoms with Gasteiger partial charge in [-0.3, -0.25) is 9.59 Å². The van der Waals surface area contributed by atoms with E-state index in [9.17, 15) is 14.4 Å². The largest absolute Gasteiger partial charge is 0.484 e. The number of hydrogen-bond acceptors (Lipinski definition) is 6. The molecule has 160 valence electrons. The number of benzene rings is 2. The van der Waals surface area contributed by atoms with Crippen LogP contribution >= 0.6 is 11.6 Å². The molecule has 0 aliphatic carbocycles. The summed E-state index contributed by atoms with van der Waals surface area (Å²) in [4.78, 5) is 37.5. The summed E-state index contributed by atoms with van der Waals surface area (Å²) >= 11 is 5.82. The molecule has 0 saturated heterocycles. The van der Waals surface area contributed by atoms with E-state index in [4.69, 9.17) is 21.1 Å². The number of nitrogens with one attached hydrogen (secondary N) is 1. The third kappa shape index (κ3) is 5.49. The summed E-state index contributed by atoms with van der Waals surface area (Å²) in [5.41, 5.74) is 0.542. The highest BCUT2D eigenvalue weighted by atomic mass is 35.5. The van der Waals surface area contributed by atoms with Gasteiger partial charge in [0.15, 0.2) is 12.3 Å². The molecule has 0 fully saturated rings. The summed E-state index contributed by atoms with van der Waals surface area (Å²) in [6.45, 7) is 3.23. The number of rotatable bonds is 7. The predicted octanol–water partition coefficient (Wildman–Crippen LogP) is 3.39. The van der Waals surface area contributed by atoms with Gasteiger partial charge in [-0.25, -0.2) is 4.79 Å². The summed E-state index contributed by atoms with van der Waals surface area (Å²) in [6, 6.07) is 14.7. The van der Waals surface area contributed by atoms with Crippen molar-refractivity contribution < 1.29 is 19.1 Å². The Labute approximate surface area is 183 Å². The van der Waals surface area contributed by atoms with E-state index in [1.807, 2.05) is 19.1 Å². The average Bonchev–Trinajstić information content (AvgIpc) is 2.74. The van der Waals surface area contributed by atoms with E-state index in [0.717, 1.165) is 16.3 Å². The predicted molar refractivity (Wildman–Crippen MR) is 116 cm³/mol. The Hall–Kier alpha value is -3.65. The van der Waals surface area contributed by atoms with Crippen LogP contribution < -0.4 is 15.6 Å². The molecule has 0 atom stereocenters. The molecule has 3 rings (SSSR count). The number of nitrogens with zero attached hydrogens (tertiary/aromatic N) is 2. The molecule has 0 saturated carbocycles. The highest BCUT2D eigenvalue weighted by Crippen LogP contribution is 2.17. The van der Waals surface area contributed by atoms with E-state index in [1.165, 1.54) is 0 Å². The molecule has 0 unspecified atom stereocenters. The number of amides is 1. The van der Waals surface area contributed by atoms with Crippen LogP contribution in [0.4, 0.5) is 5.69 Å². The number of ether oxygens (including phenoxy) is 2. The smallest absolute Gasteiger partial charge is 0.360 e. The highest BCUT2D eigenvalue weighted by molar-refractivity contribution is 6.30. The van der Waals surface area contributed by atoms with Crippen molar-refractivity contribution in [3.8, 4) is 11.4 Å². The maximum atomic E-state index is 12.7. The van der Waals surface area contributed by atoms with E-state index in [-0.39, 0.29) is 24.6 Å². The Kier molecular flexibility index (Phi) is 7.04. The Morgan fingerprint density at radius 3 is 2.52 bits per heavy atom. The first-order chi connectivity index (χ1) is 14.9. The van der Waals surface area contributed by atoms with E-state index in [2.05, 4.69) is 10.4 Å². The molecule has 1 N–H and O–H groups in total. The molecule has 3 aromatic rings. The molecule has 0 radical (unpaired) electrons. The lowest BCUT2D eigenvalue weighted by Gasteiger charge is -2.13. The summed E-state index contributed by atoms with van der Waals surface area (Å²) in [5, 5.41) is 7.20. The third-order valence-electron chi connectivity index (χ3n) is 4.20. The highest BCUT2D eigenvalue weighted by Gasteiger charge is 2.20. The molecule has 2 aromatic carbocycles. The molecule has 1 amide bonds. The second-order valence-electron chi connectivity index (χ2n) is 6.45. The maximum absolute atomic E-state index is 12.7. The van der Waals surface area contributed by atoms with Gasteiger partial charge in [0.25, 0.3) is 11.5 Å². The first kappa shape index (κ1) is 22.0. The Morgan fingerprint density at radius 1 is 1.13 bits per heavy atom. The van der Waals surface area contributed by atoms with Crippen molar-refractivity contribution in [2.45, 2.75) is 13.8 Å². The molecule has 0 aliphatic rings. The number of para-hydroxylation sites is 1. The number of carbonyl (C=O) groups excluding carboxylic acids is 2. The van der Waals surface area contributed by atoms with Crippen LogP contribution in [0, 0.1) is 6.92 Å². The molecule has 8 nitrogen and oxygen atoms in total. The van der Waals surface area contributed by atoms with Crippen molar-refractivity contribution in [1.29, 1.82) is 0 Å². The molecule has 9 heteroatoms. The summed E-state index contributed by atoms with van der Waals surface area (Å²) < 4.78 is 11.5. The zero-order chi connectivity index (χ0) is 22.4. The SMILES string of the molecule is CCOC(=O)c1nn(-c2ccccc2C)c(=O)cc1NC(=O)COc1ccc(Cl)cc1. The Bertz CT molecular complexity index is 1160. The van der Waals surface area contributed by atoms with E-state index in [0.29, 0.717) is 16.5 Å². The van der Waals surface area contributed by atoms with E-state index < -0.39 is 17.4 Å². The molecule has 0 aliphatic heterocycles. The van der Waals surface area contributed by atoms with Gasteiger partial charge in [0.1, 0.15) is 5.75 Å². The van der Waals surface area contributed by atoms with Crippen LogP contribution in [0.15, 0.2) is 59.4 Å². The molecular formula is C22H20ClN3O5. The van der Waals surface area contributed by atoms with Crippen LogP contribution in [0.5, 0.6) is 5.75 Å². The quantitative estimate of drug-likeness (QED) is 0.564. The van der Waals surface area contributed by atoms with Crippen molar-refractivity contribution in [3.63, 3.8) is 0 Å². The van der Waals surface area contributed by atoms with Gasteiger partial charge in [-0.15, -0.1) is 0 Å². The van der Waals surface area contributed by atoms with Gasteiger partial charge in [-0.2, -0.15) is 9.78 Å². The third-order valence-corrected chi connectivity index (χ3v) is 4.45. The fraction of sp³-hybridized carbons (Fsp3) is 0.182. The summed E-state index contributed by atoms with van der Waals surface area (Å²) in [6.07, 6.45) is 0. The first-order valence-electron chi connectivity index (χ1n) is 9.44. The molecule has 0 spiro atoms. The lowest BCUT2D eigenvalue weighted by Crippen LogP contribution is -2.29. The monoisotopic (exact) mass is 441 g/mol. The minimum absolute atomic E-state index is 0.0574. The van der Waals surface area contributed by atoms with Crippen molar-refractivity contribution in [1.82, 2.24) is 9.78 Å². The molecule has 31 heavy (non-hydrogen) atoms. The number of aromatic nitrogens is 2. The fourth-order valence-corrected chi connectivity index (χ4v) is 2.87. The van der Waals surface area contributed by atoms with Crippen LogP contribution in [0.3, 0.4) is 0 Å². The van der Waals surface area contributed by atoms with Crippen molar-refractivity contribution in [2.75, 3.05) is 18.5 Å². The van der Waals surface area contributed by atoms with Gasteiger partial charge >= 0.3 is 5.97 Å². The summed E-state index contributed by atoms with van der Waals surface area (Å²) in [7, 11) is 0. The number of carbonyl (C=O) groups is 2. The Morgan fingerprint density at radius 2 is 1.84 bits per heavy atom. The fourth-order valence-electron chi connectivity index (χ4n) is 2.74. The van der Waals surface area contributed by atoms with Crippen molar-refractivity contribution >= 4 is 29.2 Å². The van der Waals surface area contributed by atoms with Crippen LogP contribution in [0.2, 0.25) is 5.02 Å². The number of halogens is 1. The lowest BCUT2D eigenvalue weighted by atomic mass is 10.2. The molecule has 0 bridgehead atoms. The van der Waals surface area contributed by atoms with Crippen LogP contribution in [-0.2, 0) is 9.53 Å². The van der Waals surface area contributed by atoms with E-state index >= 15 is 0 Å². The zero-order valence-electron chi connectivity index (χ0n) is 16.9. The van der Waals surface area contributed by atoms with Gasteiger partial charge in [0.2, 0.25) is 0 Å². The van der Waals surface area contributed by atoms with Crippen molar-refractivity contribution in [2.24, 2.45) is 0 Å². The first-order valence-corrected chi connectivity index (χ1v) is 9.82. The second-order valence-corrected chi connectivity index (χ2v) is 6.89. The van der Waals surface area contributed by atoms with Gasteiger partial charge < -0.3 is 14.8 Å². The standard InChI is InChI=1S/C22H20ClN3O5/c1-3-30-22(29)21-17(24-19(27)13-31-16-10-8-15(23)9-11-16)12-20(28)26(25-21)18-7-5-4-6-14(18)2/h4-12H,3,13H2,1-2H3,(H,24,27). The minimum atomic E-state index is -0.765. The second kappa shape index (κ2) is 9.90. The van der Waals surface area contributed by atoms with Crippen molar-refractivity contribution in [3.05, 3.63) is 81.2 Å². The maximum Gasteiger partial charge on any atom is 0.360 e. The van der Waals surface area contributed by atoms with Gasteiger partial charge in [0, 0.05) is 11.1 Å². The van der Waals surface area contributed by atoms with Crippen LogP contribution in [0.1, 0.15) is 23.0 Å². The number of aryl methyl sites for hydroxylation is 1. The zero-order valence-corrected chi connectivity index (χ0v) is 17.7. The minimum Gasteiger partial charge on any atom is -0.484 e. The average molecular weight is 442 g/mol.